The minimum atomic E-state index is -0.586. The molecule has 2 aromatic rings. The number of halogens is 1. The van der Waals surface area contributed by atoms with Gasteiger partial charge in [0.25, 0.3) is 0 Å². The van der Waals surface area contributed by atoms with E-state index in [0.29, 0.717) is 5.69 Å². The van der Waals surface area contributed by atoms with Gasteiger partial charge in [0.1, 0.15) is 6.10 Å². The van der Waals surface area contributed by atoms with E-state index in [1.165, 1.54) is 18.3 Å². The van der Waals surface area contributed by atoms with Crippen molar-refractivity contribution in [3.8, 4) is 5.88 Å². The van der Waals surface area contributed by atoms with E-state index in [1.54, 1.807) is 19.1 Å². The largest absolute Gasteiger partial charge is 0.468 e. The molecule has 0 fully saturated rings. The fraction of sp³-hybridized carbons (Fsp3) is 0.182. The molecule has 0 saturated carbocycles. The van der Waals surface area contributed by atoms with Crippen LogP contribution < -0.4 is 10.5 Å². The molecule has 1 atom stereocenters. The zero-order valence-corrected chi connectivity index (χ0v) is 9.17. The molecule has 0 unspecified atom stereocenters. The van der Waals surface area contributed by atoms with Gasteiger partial charge < -0.3 is 10.5 Å². The zero-order chi connectivity index (χ0) is 12.3. The summed E-state index contributed by atoms with van der Waals surface area (Å²) in [5.74, 6) is -0.211. The molecule has 0 radical (unpaired) electrons. The molecule has 0 spiro atoms. The summed E-state index contributed by atoms with van der Waals surface area (Å²) in [5, 5.41) is 0. The summed E-state index contributed by atoms with van der Waals surface area (Å²) < 4.78 is 18.3. The third-order valence-corrected chi connectivity index (χ3v) is 2.10. The first-order chi connectivity index (χ1) is 8.15. The molecule has 0 saturated heterocycles. The number of nitrogens with two attached hydrogens (primary N) is 1. The number of nitrogen functional groups attached to an aromatic ring is 1. The summed E-state index contributed by atoms with van der Waals surface area (Å²) in [6.07, 6.45) is 1.16. The molecule has 17 heavy (non-hydrogen) atoms. The predicted molar refractivity (Wildman–Crippen MR) is 59.7 cm³/mol. The van der Waals surface area contributed by atoms with Crippen LogP contribution in [0.3, 0.4) is 0 Å². The predicted octanol–water partition coefficient (Wildman–Crippen LogP) is 1.73. The van der Waals surface area contributed by atoms with Crippen molar-refractivity contribution < 1.29 is 9.13 Å². The van der Waals surface area contributed by atoms with Crippen molar-refractivity contribution >= 4 is 5.95 Å². The molecule has 0 bridgehead atoms. The summed E-state index contributed by atoms with van der Waals surface area (Å²) >= 11 is 0. The van der Waals surface area contributed by atoms with Crippen molar-refractivity contribution in [3.05, 3.63) is 42.1 Å². The molecule has 0 aliphatic heterocycles. The third-order valence-electron chi connectivity index (χ3n) is 2.10. The second-order valence-electron chi connectivity index (χ2n) is 3.40. The van der Waals surface area contributed by atoms with Crippen LogP contribution in [-0.2, 0) is 0 Å². The first kappa shape index (κ1) is 11.3. The Balaban J connectivity index is 2.14. The van der Waals surface area contributed by atoms with E-state index in [-0.39, 0.29) is 17.9 Å². The van der Waals surface area contributed by atoms with Crippen molar-refractivity contribution in [3.63, 3.8) is 0 Å². The second-order valence-corrected chi connectivity index (χ2v) is 3.40. The lowest BCUT2D eigenvalue weighted by Crippen LogP contribution is -2.08. The highest BCUT2D eigenvalue weighted by atomic mass is 19.1. The molecule has 0 aliphatic rings. The molecule has 0 amide bonds. The van der Waals surface area contributed by atoms with Gasteiger partial charge in [-0.05, 0) is 19.1 Å². The quantitative estimate of drug-likeness (QED) is 0.818. The van der Waals surface area contributed by atoms with Crippen LogP contribution >= 0.6 is 0 Å². The van der Waals surface area contributed by atoms with Gasteiger partial charge >= 0.3 is 0 Å². The highest BCUT2D eigenvalue weighted by Crippen LogP contribution is 2.18. The van der Waals surface area contributed by atoms with Crippen molar-refractivity contribution in [1.29, 1.82) is 0 Å². The van der Waals surface area contributed by atoms with Gasteiger partial charge in [0, 0.05) is 12.3 Å². The Morgan fingerprint density at radius 1 is 1.29 bits per heavy atom. The molecule has 2 rings (SSSR count). The van der Waals surface area contributed by atoms with Crippen LogP contribution in [-0.4, -0.2) is 15.0 Å². The van der Waals surface area contributed by atoms with Gasteiger partial charge in [0.2, 0.25) is 17.8 Å². The molecular weight excluding hydrogens is 223 g/mol. The van der Waals surface area contributed by atoms with E-state index in [9.17, 15) is 4.39 Å². The molecule has 0 aliphatic carbocycles. The minimum absolute atomic E-state index is 0.171. The highest BCUT2D eigenvalue weighted by Gasteiger charge is 2.10. The van der Waals surface area contributed by atoms with Gasteiger partial charge in [0.15, 0.2) is 0 Å². The number of aromatic nitrogens is 3. The van der Waals surface area contributed by atoms with Gasteiger partial charge in [0.05, 0.1) is 5.69 Å². The number of hydrogen-bond donors (Lipinski definition) is 1. The molecule has 6 heteroatoms. The van der Waals surface area contributed by atoms with E-state index >= 15 is 0 Å². The number of nitrogens with zero attached hydrogens (tertiary/aromatic N) is 3. The smallest absolute Gasteiger partial charge is 0.220 e. The van der Waals surface area contributed by atoms with E-state index in [1.807, 2.05) is 0 Å². The SMILES string of the molecule is C[C@@H](Oc1cccc(F)n1)c1ccnc(N)n1. The normalized spacial score (nSPS) is 12.1. The number of hydrogen-bond acceptors (Lipinski definition) is 5. The highest BCUT2D eigenvalue weighted by molar-refractivity contribution is 5.19. The third kappa shape index (κ3) is 2.87. The zero-order valence-electron chi connectivity index (χ0n) is 9.17. The van der Waals surface area contributed by atoms with Crippen LogP contribution in [0.2, 0.25) is 0 Å². The molecule has 2 aromatic heterocycles. The van der Waals surface area contributed by atoms with Crippen LogP contribution in [0.1, 0.15) is 18.7 Å². The summed E-state index contributed by atoms with van der Waals surface area (Å²) in [5.41, 5.74) is 6.07. The van der Waals surface area contributed by atoms with E-state index in [2.05, 4.69) is 15.0 Å². The van der Waals surface area contributed by atoms with Gasteiger partial charge in [-0.15, -0.1) is 0 Å². The Kier molecular flexibility index (Phi) is 3.13. The van der Waals surface area contributed by atoms with Crippen molar-refractivity contribution in [2.75, 3.05) is 5.73 Å². The monoisotopic (exact) mass is 234 g/mol. The lowest BCUT2D eigenvalue weighted by Gasteiger charge is -2.13. The fourth-order valence-electron chi connectivity index (χ4n) is 1.31. The molecule has 2 heterocycles. The van der Waals surface area contributed by atoms with Gasteiger partial charge in [-0.25, -0.2) is 9.97 Å². The van der Waals surface area contributed by atoms with Crippen molar-refractivity contribution in [2.24, 2.45) is 0 Å². The molecular formula is C11H11FN4O. The van der Waals surface area contributed by atoms with E-state index in [0.717, 1.165) is 0 Å². The molecule has 0 aromatic carbocycles. The number of rotatable bonds is 3. The second kappa shape index (κ2) is 4.73. The summed E-state index contributed by atoms with van der Waals surface area (Å²) in [4.78, 5) is 11.4. The van der Waals surface area contributed by atoms with E-state index < -0.39 is 5.95 Å². The summed E-state index contributed by atoms with van der Waals surface area (Å²) in [6.45, 7) is 1.77. The van der Waals surface area contributed by atoms with Crippen molar-refractivity contribution in [1.82, 2.24) is 15.0 Å². The van der Waals surface area contributed by atoms with Crippen LogP contribution in [0.25, 0.3) is 0 Å². The minimum Gasteiger partial charge on any atom is -0.468 e. The molecule has 5 nitrogen and oxygen atoms in total. The van der Waals surface area contributed by atoms with E-state index in [4.69, 9.17) is 10.5 Å². The van der Waals surface area contributed by atoms with Crippen LogP contribution in [0, 0.1) is 5.95 Å². The topological polar surface area (TPSA) is 73.9 Å². The van der Waals surface area contributed by atoms with Crippen molar-refractivity contribution in [2.45, 2.75) is 13.0 Å². The first-order valence-electron chi connectivity index (χ1n) is 5.03. The Bertz CT molecular complexity index is 520. The van der Waals surface area contributed by atoms with Crippen LogP contribution in [0.4, 0.5) is 10.3 Å². The van der Waals surface area contributed by atoms with Gasteiger partial charge in [-0.2, -0.15) is 9.37 Å². The van der Waals surface area contributed by atoms with Gasteiger partial charge in [-0.3, -0.25) is 0 Å². The average Bonchev–Trinajstić information content (AvgIpc) is 2.29. The Labute approximate surface area is 97.5 Å². The summed E-state index contributed by atoms with van der Waals surface area (Å²) in [7, 11) is 0. The molecule has 2 N–H and O–H groups in total. The fourth-order valence-corrected chi connectivity index (χ4v) is 1.31. The Morgan fingerprint density at radius 2 is 2.12 bits per heavy atom. The number of ether oxygens (including phenoxy) is 1. The first-order valence-corrected chi connectivity index (χ1v) is 5.03. The van der Waals surface area contributed by atoms with Gasteiger partial charge in [-0.1, -0.05) is 6.07 Å². The van der Waals surface area contributed by atoms with Crippen LogP contribution in [0.15, 0.2) is 30.5 Å². The maximum Gasteiger partial charge on any atom is 0.220 e. The lowest BCUT2D eigenvalue weighted by molar-refractivity contribution is 0.210. The average molecular weight is 234 g/mol. The standard InChI is InChI=1S/C11H11FN4O/c1-7(8-5-6-14-11(13)15-8)17-10-4-2-3-9(12)16-10/h2-7H,1H3,(H2,13,14,15)/t7-/m1/s1. The maximum atomic E-state index is 12.8. The summed E-state index contributed by atoms with van der Waals surface area (Å²) in [6, 6.07) is 6.03. The maximum absolute atomic E-state index is 12.8. The van der Waals surface area contributed by atoms with Crippen LogP contribution in [0.5, 0.6) is 5.88 Å². The lowest BCUT2D eigenvalue weighted by atomic mass is 10.3. The Hall–Kier alpha value is -2.24. The Morgan fingerprint density at radius 3 is 2.82 bits per heavy atom. The number of pyridine rings is 1. The molecule has 88 valence electrons. The number of anilines is 1.